The molecule has 1 N–H and O–H groups in total. The zero-order chi connectivity index (χ0) is 9.80. The predicted octanol–water partition coefficient (Wildman–Crippen LogP) is 1.22. The number of benzene rings is 1. The maximum atomic E-state index is 8.75. The highest BCUT2D eigenvalue weighted by molar-refractivity contribution is 5.34. The molecule has 1 atom stereocenters. The van der Waals surface area contributed by atoms with E-state index in [4.69, 9.17) is 10.00 Å². The fourth-order valence-corrected chi connectivity index (χ4v) is 1.59. The van der Waals surface area contributed by atoms with Gasteiger partial charge in [-0.2, -0.15) is 5.26 Å². The summed E-state index contributed by atoms with van der Waals surface area (Å²) >= 11 is 0. The molecule has 0 saturated carbocycles. The van der Waals surface area contributed by atoms with Gasteiger partial charge in [0, 0.05) is 13.1 Å². The van der Waals surface area contributed by atoms with Gasteiger partial charge < -0.3 is 10.1 Å². The third kappa shape index (κ3) is 1.92. The van der Waals surface area contributed by atoms with Crippen LogP contribution in [0.5, 0.6) is 0 Å². The highest BCUT2D eigenvalue weighted by Crippen LogP contribution is 2.19. The molecule has 3 heteroatoms. The first-order valence-electron chi connectivity index (χ1n) is 4.72. The van der Waals surface area contributed by atoms with Gasteiger partial charge in [0.25, 0.3) is 0 Å². The minimum absolute atomic E-state index is 0.0945. The average molecular weight is 188 g/mol. The van der Waals surface area contributed by atoms with Crippen molar-refractivity contribution >= 4 is 0 Å². The first kappa shape index (κ1) is 9.20. The summed E-state index contributed by atoms with van der Waals surface area (Å²) in [7, 11) is 0. The van der Waals surface area contributed by atoms with E-state index in [0.29, 0.717) is 5.56 Å². The van der Waals surface area contributed by atoms with Crippen LogP contribution in [-0.4, -0.2) is 19.7 Å². The minimum atomic E-state index is 0.0945. The fourth-order valence-electron chi connectivity index (χ4n) is 1.59. The molecule has 0 unspecified atom stereocenters. The lowest BCUT2D eigenvalue weighted by Gasteiger charge is -2.23. The van der Waals surface area contributed by atoms with Crippen LogP contribution in [0.3, 0.4) is 0 Å². The van der Waals surface area contributed by atoms with Crippen LogP contribution < -0.4 is 5.32 Å². The summed E-state index contributed by atoms with van der Waals surface area (Å²) in [5.41, 5.74) is 1.77. The van der Waals surface area contributed by atoms with E-state index >= 15 is 0 Å². The van der Waals surface area contributed by atoms with Crippen molar-refractivity contribution in [1.29, 1.82) is 5.26 Å². The summed E-state index contributed by atoms with van der Waals surface area (Å²) in [6, 6.07) is 9.72. The number of nitrogens with zero attached hydrogens (tertiary/aromatic N) is 1. The van der Waals surface area contributed by atoms with Crippen LogP contribution in [0.25, 0.3) is 0 Å². The first-order chi connectivity index (χ1) is 6.90. The zero-order valence-electron chi connectivity index (χ0n) is 7.86. The summed E-state index contributed by atoms with van der Waals surface area (Å²) in [6.45, 7) is 2.48. The Hall–Kier alpha value is -1.37. The number of hydrogen-bond donors (Lipinski definition) is 1. The van der Waals surface area contributed by atoms with E-state index in [1.807, 2.05) is 18.2 Å². The van der Waals surface area contributed by atoms with Gasteiger partial charge in [-0.25, -0.2) is 0 Å². The molecule has 14 heavy (non-hydrogen) atoms. The standard InChI is InChI=1S/C11H12N2O/c12-7-9-2-1-3-10(6-9)11-8-13-4-5-14-11/h1-3,6,11,13H,4-5,8H2/t11-/m0/s1. The fraction of sp³-hybridized carbons (Fsp3) is 0.364. The van der Waals surface area contributed by atoms with Crippen LogP contribution >= 0.6 is 0 Å². The van der Waals surface area contributed by atoms with E-state index in [2.05, 4.69) is 11.4 Å². The Bertz CT molecular complexity index is 351. The van der Waals surface area contributed by atoms with E-state index in [1.165, 1.54) is 0 Å². The van der Waals surface area contributed by atoms with E-state index < -0.39 is 0 Å². The van der Waals surface area contributed by atoms with E-state index in [-0.39, 0.29) is 6.10 Å². The molecule has 0 radical (unpaired) electrons. The molecule has 1 fully saturated rings. The van der Waals surface area contributed by atoms with Gasteiger partial charge in [-0.1, -0.05) is 12.1 Å². The molecule has 0 bridgehead atoms. The molecule has 0 aromatic heterocycles. The molecule has 72 valence electrons. The van der Waals surface area contributed by atoms with Gasteiger partial charge in [-0.3, -0.25) is 0 Å². The third-order valence-electron chi connectivity index (χ3n) is 2.32. The Morgan fingerprint density at radius 3 is 3.14 bits per heavy atom. The van der Waals surface area contributed by atoms with Crippen LogP contribution in [0.2, 0.25) is 0 Å². The van der Waals surface area contributed by atoms with Gasteiger partial charge in [0.2, 0.25) is 0 Å². The Morgan fingerprint density at radius 1 is 1.50 bits per heavy atom. The summed E-state index contributed by atoms with van der Waals surface area (Å²) in [5, 5.41) is 12.0. The van der Waals surface area contributed by atoms with Crippen LogP contribution in [-0.2, 0) is 4.74 Å². The molecular weight excluding hydrogens is 176 g/mol. The lowest BCUT2D eigenvalue weighted by Crippen LogP contribution is -2.33. The van der Waals surface area contributed by atoms with Gasteiger partial charge >= 0.3 is 0 Å². The lowest BCUT2D eigenvalue weighted by atomic mass is 10.1. The topological polar surface area (TPSA) is 45.0 Å². The van der Waals surface area contributed by atoms with E-state index in [0.717, 1.165) is 25.3 Å². The van der Waals surface area contributed by atoms with Gasteiger partial charge in [0.05, 0.1) is 24.3 Å². The van der Waals surface area contributed by atoms with Crippen molar-refractivity contribution in [1.82, 2.24) is 5.32 Å². The third-order valence-corrected chi connectivity index (χ3v) is 2.32. The summed E-state index contributed by atoms with van der Waals surface area (Å²) < 4.78 is 5.59. The van der Waals surface area contributed by atoms with Crippen LogP contribution in [0.15, 0.2) is 24.3 Å². The van der Waals surface area contributed by atoms with Gasteiger partial charge in [0.15, 0.2) is 0 Å². The Balaban J connectivity index is 2.18. The molecule has 0 spiro atoms. The number of morpholine rings is 1. The summed E-state index contributed by atoms with van der Waals surface area (Å²) in [6.07, 6.45) is 0.0945. The maximum absolute atomic E-state index is 8.75. The second-order valence-electron chi connectivity index (χ2n) is 3.30. The van der Waals surface area contributed by atoms with Crippen molar-refractivity contribution in [2.24, 2.45) is 0 Å². The molecular formula is C11H12N2O. The molecule has 2 rings (SSSR count). The molecule has 3 nitrogen and oxygen atoms in total. The second kappa shape index (κ2) is 4.23. The molecule has 1 aromatic rings. The van der Waals surface area contributed by atoms with E-state index in [1.54, 1.807) is 6.07 Å². The Morgan fingerprint density at radius 2 is 2.43 bits per heavy atom. The van der Waals surface area contributed by atoms with Crippen molar-refractivity contribution in [2.45, 2.75) is 6.10 Å². The summed E-state index contributed by atoms with van der Waals surface area (Å²) in [5.74, 6) is 0. The number of ether oxygens (including phenoxy) is 1. The van der Waals surface area contributed by atoms with Crippen molar-refractivity contribution in [3.05, 3.63) is 35.4 Å². The number of nitrogens with one attached hydrogen (secondary N) is 1. The van der Waals surface area contributed by atoms with Crippen molar-refractivity contribution in [3.63, 3.8) is 0 Å². The highest BCUT2D eigenvalue weighted by Gasteiger charge is 2.15. The average Bonchev–Trinajstić information content (AvgIpc) is 2.30. The minimum Gasteiger partial charge on any atom is -0.371 e. The number of hydrogen-bond acceptors (Lipinski definition) is 3. The summed E-state index contributed by atoms with van der Waals surface area (Å²) in [4.78, 5) is 0. The second-order valence-corrected chi connectivity index (χ2v) is 3.30. The first-order valence-corrected chi connectivity index (χ1v) is 4.72. The molecule has 1 heterocycles. The molecule has 1 saturated heterocycles. The molecule has 0 aliphatic carbocycles. The van der Waals surface area contributed by atoms with Crippen LogP contribution in [0.4, 0.5) is 0 Å². The van der Waals surface area contributed by atoms with Crippen molar-refractivity contribution < 1.29 is 4.74 Å². The van der Waals surface area contributed by atoms with Gasteiger partial charge in [-0.15, -0.1) is 0 Å². The molecule has 1 aliphatic heterocycles. The maximum Gasteiger partial charge on any atom is 0.0991 e. The lowest BCUT2D eigenvalue weighted by molar-refractivity contribution is 0.0277. The predicted molar refractivity (Wildman–Crippen MR) is 52.7 cm³/mol. The Kier molecular flexibility index (Phi) is 2.78. The number of nitriles is 1. The smallest absolute Gasteiger partial charge is 0.0991 e. The highest BCUT2D eigenvalue weighted by atomic mass is 16.5. The van der Waals surface area contributed by atoms with Crippen LogP contribution in [0.1, 0.15) is 17.2 Å². The van der Waals surface area contributed by atoms with Crippen LogP contribution in [0, 0.1) is 11.3 Å². The van der Waals surface area contributed by atoms with Crippen molar-refractivity contribution in [2.75, 3.05) is 19.7 Å². The molecule has 1 aromatic carbocycles. The normalized spacial score (nSPS) is 21.5. The van der Waals surface area contributed by atoms with Crippen molar-refractivity contribution in [3.8, 4) is 6.07 Å². The Labute approximate surface area is 83.3 Å². The molecule has 1 aliphatic rings. The van der Waals surface area contributed by atoms with E-state index in [9.17, 15) is 0 Å². The molecule has 0 amide bonds. The largest absolute Gasteiger partial charge is 0.371 e. The monoisotopic (exact) mass is 188 g/mol. The quantitative estimate of drug-likeness (QED) is 0.720. The number of rotatable bonds is 1. The SMILES string of the molecule is N#Cc1cccc([C@@H]2CNCCO2)c1. The van der Waals surface area contributed by atoms with Gasteiger partial charge in [-0.05, 0) is 17.7 Å². The zero-order valence-corrected chi connectivity index (χ0v) is 7.86. The van der Waals surface area contributed by atoms with Gasteiger partial charge in [0.1, 0.15) is 0 Å².